The number of ketones is 1. The van der Waals surface area contributed by atoms with Crippen molar-refractivity contribution >= 4 is 5.78 Å². The molecule has 1 saturated heterocycles. The summed E-state index contributed by atoms with van der Waals surface area (Å²) in [7, 11) is 0. The average Bonchev–Trinajstić information content (AvgIpc) is 3.13. The number of carbonyl (C=O) groups is 1. The molecular weight excluding hydrogens is 262 g/mol. The Kier molecular flexibility index (Phi) is 4.91. The first-order chi connectivity index (χ1) is 10.3. The number of ether oxygens (including phenoxy) is 1. The summed E-state index contributed by atoms with van der Waals surface area (Å²) in [4.78, 5) is 14.5. The van der Waals surface area contributed by atoms with Crippen LogP contribution in [0.15, 0.2) is 30.3 Å². The molecule has 3 heteroatoms. The minimum absolute atomic E-state index is 0.322. The fraction of sp³-hybridized carbons (Fsp3) is 0.611. The Morgan fingerprint density at radius 3 is 2.76 bits per heavy atom. The first kappa shape index (κ1) is 14.6. The molecule has 2 aliphatic rings. The van der Waals surface area contributed by atoms with Crippen LogP contribution in [0.25, 0.3) is 0 Å². The zero-order valence-electron chi connectivity index (χ0n) is 12.7. The van der Waals surface area contributed by atoms with Crippen molar-refractivity contribution in [3.8, 4) is 5.75 Å². The Morgan fingerprint density at radius 2 is 2.00 bits per heavy atom. The molecular formula is C18H25NO2. The maximum atomic E-state index is 12.0. The summed E-state index contributed by atoms with van der Waals surface area (Å²) in [5, 5.41) is 0. The van der Waals surface area contributed by atoms with Crippen LogP contribution < -0.4 is 4.74 Å². The molecule has 0 bridgehead atoms. The van der Waals surface area contributed by atoms with Crippen molar-refractivity contribution in [1.29, 1.82) is 0 Å². The number of para-hydroxylation sites is 1. The second-order valence-corrected chi connectivity index (χ2v) is 6.23. The lowest BCUT2D eigenvalue weighted by Gasteiger charge is -2.28. The van der Waals surface area contributed by atoms with E-state index in [1.54, 1.807) is 0 Å². The highest BCUT2D eigenvalue weighted by Gasteiger charge is 2.37. The summed E-state index contributed by atoms with van der Waals surface area (Å²) in [6.45, 7) is 2.97. The first-order valence-corrected chi connectivity index (χ1v) is 8.29. The third kappa shape index (κ3) is 3.65. The zero-order valence-corrected chi connectivity index (χ0v) is 12.7. The van der Waals surface area contributed by atoms with Gasteiger partial charge in [0.05, 0.1) is 6.61 Å². The molecule has 3 rings (SSSR count). The van der Waals surface area contributed by atoms with Gasteiger partial charge < -0.3 is 4.74 Å². The number of nitrogens with zero attached hydrogens (tertiary/aromatic N) is 1. The molecule has 1 aliphatic heterocycles. The van der Waals surface area contributed by atoms with E-state index in [-0.39, 0.29) is 0 Å². The van der Waals surface area contributed by atoms with Gasteiger partial charge in [-0.1, -0.05) is 18.2 Å². The summed E-state index contributed by atoms with van der Waals surface area (Å²) in [5.74, 6) is 1.77. The van der Waals surface area contributed by atoms with Gasteiger partial charge in [-0.3, -0.25) is 9.69 Å². The molecule has 3 nitrogen and oxygen atoms in total. The third-order valence-corrected chi connectivity index (χ3v) is 4.83. The number of carbonyl (C=O) groups excluding carboxylic acids is 1. The Morgan fingerprint density at radius 1 is 1.14 bits per heavy atom. The molecule has 21 heavy (non-hydrogen) atoms. The second-order valence-electron chi connectivity index (χ2n) is 6.23. The van der Waals surface area contributed by atoms with Crippen LogP contribution in [0.3, 0.4) is 0 Å². The number of rotatable bonds is 6. The number of hydrogen-bond donors (Lipinski definition) is 0. The molecule has 1 heterocycles. The Balaban J connectivity index is 1.43. The lowest BCUT2D eigenvalue weighted by atomic mass is 9.95. The van der Waals surface area contributed by atoms with Crippen molar-refractivity contribution in [1.82, 2.24) is 4.90 Å². The van der Waals surface area contributed by atoms with Crippen LogP contribution in [-0.4, -0.2) is 36.4 Å². The van der Waals surface area contributed by atoms with Crippen LogP contribution in [0.4, 0.5) is 0 Å². The summed E-state index contributed by atoms with van der Waals surface area (Å²) < 4.78 is 5.75. The summed E-state index contributed by atoms with van der Waals surface area (Å²) in [6.07, 6.45) is 6.51. The van der Waals surface area contributed by atoms with E-state index in [1.807, 2.05) is 30.3 Å². The highest BCUT2D eigenvalue weighted by molar-refractivity contribution is 5.83. The van der Waals surface area contributed by atoms with Gasteiger partial charge in [-0.15, -0.1) is 0 Å². The molecule has 1 aliphatic carbocycles. The topological polar surface area (TPSA) is 29.5 Å². The third-order valence-electron chi connectivity index (χ3n) is 4.83. The van der Waals surface area contributed by atoms with Gasteiger partial charge in [0.15, 0.2) is 0 Å². The molecule has 2 atom stereocenters. The monoisotopic (exact) mass is 287 g/mol. The Bertz CT molecular complexity index is 460. The van der Waals surface area contributed by atoms with E-state index in [9.17, 15) is 4.79 Å². The quantitative estimate of drug-likeness (QED) is 0.752. The van der Waals surface area contributed by atoms with E-state index < -0.39 is 0 Å². The van der Waals surface area contributed by atoms with Crippen molar-refractivity contribution in [2.75, 3.05) is 19.7 Å². The van der Waals surface area contributed by atoms with E-state index in [1.165, 1.54) is 12.8 Å². The average molecular weight is 287 g/mol. The predicted molar refractivity (Wildman–Crippen MR) is 83.5 cm³/mol. The van der Waals surface area contributed by atoms with Crippen molar-refractivity contribution in [2.24, 2.45) is 5.92 Å². The molecule has 0 spiro atoms. The lowest BCUT2D eigenvalue weighted by Crippen LogP contribution is -2.38. The van der Waals surface area contributed by atoms with E-state index in [0.29, 0.717) is 17.7 Å². The van der Waals surface area contributed by atoms with E-state index in [4.69, 9.17) is 4.74 Å². The van der Waals surface area contributed by atoms with E-state index in [0.717, 1.165) is 51.1 Å². The number of likely N-dealkylation sites (tertiary alicyclic amines) is 1. The molecule has 1 saturated carbocycles. The molecule has 0 aromatic heterocycles. The fourth-order valence-corrected chi connectivity index (χ4v) is 3.81. The summed E-state index contributed by atoms with van der Waals surface area (Å²) in [5.41, 5.74) is 0. The normalized spacial score (nSPS) is 26.4. The van der Waals surface area contributed by atoms with Gasteiger partial charge in [-0.25, -0.2) is 0 Å². The smallest absolute Gasteiger partial charge is 0.137 e. The zero-order chi connectivity index (χ0) is 14.5. The first-order valence-electron chi connectivity index (χ1n) is 8.29. The molecule has 1 aromatic rings. The van der Waals surface area contributed by atoms with Crippen LogP contribution in [0.2, 0.25) is 0 Å². The molecule has 0 amide bonds. The number of Topliss-reactive ketones (excluding diaryl/α,β-unsaturated/α-hetero) is 1. The largest absolute Gasteiger partial charge is 0.494 e. The highest BCUT2D eigenvalue weighted by Crippen LogP contribution is 2.33. The molecule has 114 valence electrons. The van der Waals surface area contributed by atoms with Crippen LogP contribution >= 0.6 is 0 Å². The van der Waals surface area contributed by atoms with Crippen LogP contribution in [0, 0.1) is 5.92 Å². The lowest BCUT2D eigenvalue weighted by molar-refractivity contribution is -0.122. The van der Waals surface area contributed by atoms with Gasteiger partial charge in [-0.2, -0.15) is 0 Å². The minimum Gasteiger partial charge on any atom is -0.494 e. The van der Waals surface area contributed by atoms with Gasteiger partial charge in [0.1, 0.15) is 11.5 Å². The Hall–Kier alpha value is -1.35. The predicted octanol–water partition coefficient (Wildman–Crippen LogP) is 3.29. The van der Waals surface area contributed by atoms with Crippen molar-refractivity contribution in [2.45, 2.75) is 44.6 Å². The fourth-order valence-electron chi connectivity index (χ4n) is 3.81. The standard InChI is InChI=1S/C18H25NO2/c20-18-11-4-9-16(18)17-10-5-12-19(17)13-6-14-21-15-7-2-1-3-8-15/h1-3,7-8,16-17H,4-6,9-14H2. The highest BCUT2D eigenvalue weighted by atomic mass is 16.5. The number of benzene rings is 1. The van der Waals surface area contributed by atoms with Gasteiger partial charge >= 0.3 is 0 Å². The van der Waals surface area contributed by atoms with Crippen LogP contribution in [0.5, 0.6) is 5.75 Å². The van der Waals surface area contributed by atoms with Gasteiger partial charge in [0, 0.05) is 24.9 Å². The van der Waals surface area contributed by atoms with Crippen molar-refractivity contribution in [3.63, 3.8) is 0 Å². The summed E-state index contributed by atoms with van der Waals surface area (Å²) >= 11 is 0. The van der Waals surface area contributed by atoms with Gasteiger partial charge in [-0.05, 0) is 50.8 Å². The molecule has 2 unspecified atom stereocenters. The second kappa shape index (κ2) is 7.08. The van der Waals surface area contributed by atoms with Gasteiger partial charge in [0.25, 0.3) is 0 Å². The van der Waals surface area contributed by atoms with E-state index in [2.05, 4.69) is 4.90 Å². The SMILES string of the molecule is O=C1CCCC1C1CCCN1CCCOc1ccccc1. The minimum atomic E-state index is 0.322. The Labute approximate surface area is 127 Å². The van der Waals surface area contributed by atoms with Crippen molar-refractivity contribution in [3.05, 3.63) is 30.3 Å². The van der Waals surface area contributed by atoms with Crippen LogP contribution in [0.1, 0.15) is 38.5 Å². The molecule has 0 N–H and O–H groups in total. The molecule has 0 radical (unpaired) electrons. The molecule has 1 aromatic carbocycles. The number of hydrogen-bond acceptors (Lipinski definition) is 3. The van der Waals surface area contributed by atoms with Crippen molar-refractivity contribution < 1.29 is 9.53 Å². The van der Waals surface area contributed by atoms with Gasteiger partial charge in [0.2, 0.25) is 0 Å². The maximum Gasteiger partial charge on any atom is 0.137 e. The summed E-state index contributed by atoms with van der Waals surface area (Å²) in [6, 6.07) is 10.5. The van der Waals surface area contributed by atoms with Crippen LogP contribution in [-0.2, 0) is 4.79 Å². The van der Waals surface area contributed by atoms with E-state index >= 15 is 0 Å². The maximum absolute atomic E-state index is 12.0. The molecule has 2 fully saturated rings.